The van der Waals surface area contributed by atoms with Crippen LogP contribution in [0.5, 0.6) is 5.75 Å². The van der Waals surface area contributed by atoms with E-state index in [0.717, 1.165) is 17.1 Å². The molecule has 156 valence electrons. The predicted molar refractivity (Wildman–Crippen MR) is 108 cm³/mol. The number of methoxy groups -OCH3 is 1. The van der Waals surface area contributed by atoms with Gasteiger partial charge in [0.2, 0.25) is 11.8 Å². The van der Waals surface area contributed by atoms with Crippen LogP contribution in [0, 0.1) is 11.8 Å². The molecule has 1 N–H and O–H groups in total. The Bertz CT molecular complexity index is 968. The Balaban J connectivity index is 1.24. The largest absolute Gasteiger partial charge is 0.497 e. The fourth-order valence-corrected chi connectivity index (χ4v) is 4.84. The Hall–Kier alpha value is -3.06. The number of hydrogen-bond donors (Lipinski definition) is 1. The van der Waals surface area contributed by atoms with Crippen LogP contribution in [0.3, 0.4) is 0 Å². The Morgan fingerprint density at radius 2 is 2.13 bits per heavy atom. The van der Waals surface area contributed by atoms with Gasteiger partial charge >= 0.3 is 0 Å². The zero-order valence-electron chi connectivity index (χ0n) is 16.7. The number of nitrogens with zero attached hydrogens (tertiary/aromatic N) is 1. The van der Waals surface area contributed by atoms with Crippen molar-refractivity contribution < 1.29 is 23.5 Å². The summed E-state index contributed by atoms with van der Waals surface area (Å²) in [5.41, 5.74) is 0.407. The Morgan fingerprint density at radius 1 is 1.30 bits per heavy atom. The molecule has 1 spiro atoms. The van der Waals surface area contributed by atoms with Crippen LogP contribution in [-0.4, -0.2) is 48.6 Å². The first-order valence-electron chi connectivity index (χ1n) is 10.2. The van der Waals surface area contributed by atoms with Gasteiger partial charge in [0.15, 0.2) is 0 Å². The van der Waals surface area contributed by atoms with Crippen molar-refractivity contribution >= 4 is 11.8 Å². The number of fused-ring (bicyclic) bond motifs is 1. The normalized spacial score (nSPS) is 28.8. The van der Waals surface area contributed by atoms with Gasteiger partial charge in [0, 0.05) is 6.54 Å². The minimum atomic E-state index is -0.702. The standard InChI is InChI=1S/C23H24N2O5/c1-28-16-6-4-15(5-7-16)9-11-24-21(26)19-18-8-10-23(30-18)14-25(22(27)20(19)23)13-17-3-2-12-29-17/h2-8,10,12,18-20H,9,11,13-14H2,1H3,(H,24,26)/t18-,19+,20+,23+/m1/s1. The molecular formula is C23H24N2O5. The van der Waals surface area contributed by atoms with Crippen LogP contribution in [0.2, 0.25) is 0 Å². The number of amides is 2. The van der Waals surface area contributed by atoms with Crippen molar-refractivity contribution in [2.75, 3.05) is 20.2 Å². The molecule has 2 fully saturated rings. The number of furan rings is 1. The van der Waals surface area contributed by atoms with Crippen LogP contribution >= 0.6 is 0 Å². The SMILES string of the molecule is COc1ccc(CCNC(=O)[C@@H]2[C@H]3C(=O)N(Cc4ccco4)C[C@@]34C=C[C@H]2O4)cc1. The smallest absolute Gasteiger partial charge is 0.230 e. The van der Waals surface area contributed by atoms with Crippen molar-refractivity contribution in [1.82, 2.24) is 10.2 Å². The third-order valence-electron chi connectivity index (χ3n) is 6.28. The minimum Gasteiger partial charge on any atom is -0.497 e. The lowest BCUT2D eigenvalue weighted by atomic mass is 9.77. The van der Waals surface area contributed by atoms with E-state index in [9.17, 15) is 9.59 Å². The topological polar surface area (TPSA) is 81.0 Å². The molecule has 2 amide bonds. The molecule has 0 radical (unpaired) electrons. The predicted octanol–water partition coefficient (Wildman–Crippen LogP) is 1.93. The summed E-state index contributed by atoms with van der Waals surface area (Å²) in [5.74, 6) is 0.367. The van der Waals surface area contributed by atoms with Crippen LogP contribution in [0.25, 0.3) is 0 Å². The summed E-state index contributed by atoms with van der Waals surface area (Å²) in [7, 11) is 1.63. The Morgan fingerprint density at radius 3 is 2.87 bits per heavy atom. The van der Waals surface area contributed by atoms with E-state index in [1.165, 1.54) is 0 Å². The van der Waals surface area contributed by atoms with Gasteiger partial charge in [0.05, 0.1) is 44.4 Å². The van der Waals surface area contributed by atoms with Crippen molar-refractivity contribution in [2.24, 2.45) is 11.8 Å². The highest BCUT2D eigenvalue weighted by molar-refractivity contribution is 5.93. The van der Waals surface area contributed by atoms with Crippen LogP contribution in [0.1, 0.15) is 11.3 Å². The number of benzene rings is 1. The molecule has 1 aromatic carbocycles. The van der Waals surface area contributed by atoms with E-state index in [2.05, 4.69) is 5.32 Å². The molecule has 7 heteroatoms. The molecule has 3 aliphatic heterocycles. The van der Waals surface area contributed by atoms with Gasteiger partial charge < -0.3 is 24.1 Å². The maximum Gasteiger partial charge on any atom is 0.230 e. The summed E-state index contributed by atoms with van der Waals surface area (Å²) < 4.78 is 16.7. The lowest BCUT2D eigenvalue weighted by molar-refractivity contribution is -0.138. The van der Waals surface area contributed by atoms with Gasteiger partial charge in [-0.1, -0.05) is 24.3 Å². The van der Waals surface area contributed by atoms with Crippen molar-refractivity contribution in [3.05, 3.63) is 66.1 Å². The number of ether oxygens (including phenoxy) is 2. The lowest BCUT2D eigenvalue weighted by Gasteiger charge is -2.23. The number of likely N-dealkylation sites (tertiary alicyclic amines) is 1. The summed E-state index contributed by atoms with van der Waals surface area (Å²) in [6.07, 6.45) is 5.84. The minimum absolute atomic E-state index is 0.0476. The van der Waals surface area contributed by atoms with E-state index in [4.69, 9.17) is 13.9 Å². The van der Waals surface area contributed by atoms with Crippen LogP contribution in [-0.2, 0) is 27.3 Å². The van der Waals surface area contributed by atoms with Crippen molar-refractivity contribution in [3.8, 4) is 5.75 Å². The maximum atomic E-state index is 13.1. The summed E-state index contributed by atoms with van der Waals surface area (Å²) in [6.45, 7) is 1.33. The molecule has 0 unspecified atom stereocenters. The van der Waals surface area contributed by atoms with Crippen molar-refractivity contribution in [2.45, 2.75) is 24.7 Å². The molecule has 1 aromatic heterocycles. The number of carbonyl (C=O) groups excluding carboxylic acids is 2. The third kappa shape index (κ3) is 3.10. The van der Waals surface area contributed by atoms with E-state index in [1.807, 2.05) is 42.5 Å². The number of rotatable bonds is 7. The zero-order valence-corrected chi connectivity index (χ0v) is 16.7. The van der Waals surface area contributed by atoms with E-state index >= 15 is 0 Å². The quantitative estimate of drug-likeness (QED) is 0.708. The average Bonchev–Trinajstić information content (AvgIpc) is 3.52. The second-order valence-electron chi connectivity index (χ2n) is 8.06. The van der Waals surface area contributed by atoms with Crippen LogP contribution in [0.4, 0.5) is 0 Å². The van der Waals surface area contributed by atoms with E-state index in [-0.39, 0.29) is 17.9 Å². The van der Waals surface area contributed by atoms with Gasteiger partial charge in [-0.15, -0.1) is 0 Å². The molecule has 2 aromatic rings. The second kappa shape index (κ2) is 7.32. The van der Waals surface area contributed by atoms with Crippen molar-refractivity contribution in [3.63, 3.8) is 0 Å². The van der Waals surface area contributed by atoms with Gasteiger partial charge in [0.1, 0.15) is 17.1 Å². The average molecular weight is 408 g/mol. The fourth-order valence-electron chi connectivity index (χ4n) is 4.84. The Kier molecular flexibility index (Phi) is 4.62. The first-order valence-corrected chi connectivity index (χ1v) is 10.2. The van der Waals surface area contributed by atoms with E-state index in [0.29, 0.717) is 26.1 Å². The molecule has 4 atom stereocenters. The summed E-state index contributed by atoms with van der Waals surface area (Å²) in [4.78, 5) is 27.9. The van der Waals surface area contributed by atoms with Gasteiger partial charge in [-0.3, -0.25) is 9.59 Å². The third-order valence-corrected chi connectivity index (χ3v) is 6.28. The monoisotopic (exact) mass is 408 g/mol. The summed E-state index contributed by atoms with van der Waals surface area (Å²) in [6, 6.07) is 11.4. The molecule has 7 nitrogen and oxygen atoms in total. The molecular weight excluding hydrogens is 384 g/mol. The molecule has 3 aliphatic rings. The Labute approximate surface area is 174 Å². The second-order valence-corrected chi connectivity index (χ2v) is 8.06. The molecule has 0 aliphatic carbocycles. The van der Waals surface area contributed by atoms with E-state index in [1.54, 1.807) is 24.3 Å². The first-order chi connectivity index (χ1) is 14.6. The van der Waals surface area contributed by atoms with Gasteiger partial charge in [0.25, 0.3) is 0 Å². The number of carbonyl (C=O) groups is 2. The lowest BCUT2D eigenvalue weighted by Crippen LogP contribution is -2.44. The molecule has 4 heterocycles. The van der Waals surface area contributed by atoms with Crippen LogP contribution in [0.15, 0.2) is 59.2 Å². The highest BCUT2D eigenvalue weighted by Gasteiger charge is 2.66. The molecule has 0 saturated carbocycles. The van der Waals surface area contributed by atoms with Gasteiger partial charge in [-0.25, -0.2) is 0 Å². The molecule has 2 saturated heterocycles. The van der Waals surface area contributed by atoms with Crippen molar-refractivity contribution in [1.29, 1.82) is 0 Å². The first kappa shape index (κ1) is 18.9. The summed E-state index contributed by atoms with van der Waals surface area (Å²) in [5, 5.41) is 3.00. The van der Waals surface area contributed by atoms with Gasteiger partial charge in [-0.2, -0.15) is 0 Å². The highest BCUT2D eigenvalue weighted by Crippen LogP contribution is 2.52. The highest BCUT2D eigenvalue weighted by atomic mass is 16.5. The zero-order chi connectivity index (χ0) is 20.7. The number of hydrogen-bond acceptors (Lipinski definition) is 5. The van der Waals surface area contributed by atoms with Gasteiger partial charge in [-0.05, 0) is 36.2 Å². The maximum absolute atomic E-state index is 13.1. The fraction of sp³-hybridized carbons (Fsp3) is 0.391. The summed E-state index contributed by atoms with van der Waals surface area (Å²) >= 11 is 0. The number of nitrogens with one attached hydrogen (secondary N) is 1. The molecule has 5 rings (SSSR count). The van der Waals surface area contributed by atoms with E-state index < -0.39 is 17.4 Å². The van der Waals surface area contributed by atoms with Crippen LogP contribution < -0.4 is 10.1 Å². The molecule has 2 bridgehead atoms. The molecule has 30 heavy (non-hydrogen) atoms.